The van der Waals surface area contributed by atoms with Crippen molar-refractivity contribution in [2.45, 2.75) is 20.3 Å². The maximum Gasteiger partial charge on any atom is 0.341 e. The predicted molar refractivity (Wildman–Crippen MR) is 57.4 cm³/mol. The minimum Gasteiger partial charge on any atom is -0.462 e. The molecular formula is C10H11NO3S. The summed E-state index contributed by atoms with van der Waals surface area (Å²) in [4.78, 5) is 26.1. The summed E-state index contributed by atoms with van der Waals surface area (Å²) in [6.07, 6.45) is 2.23. The highest BCUT2D eigenvalue weighted by Gasteiger charge is 2.16. The molecule has 1 rings (SSSR count). The third kappa shape index (κ3) is 2.75. The summed E-state index contributed by atoms with van der Waals surface area (Å²) in [7, 11) is 0. The highest BCUT2D eigenvalue weighted by atomic mass is 32.1. The number of rotatable bonds is 4. The second kappa shape index (κ2) is 5.44. The average molecular weight is 225 g/mol. The molecule has 1 aromatic rings. The van der Waals surface area contributed by atoms with E-state index in [4.69, 9.17) is 4.74 Å². The van der Waals surface area contributed by atoms with Gasteiger partial charge in [-0.05, 0) is 19.4 Å². The van der Waals surface area contributed by atoms with Crippen LogP contribution < -0.4 is 0 Å². The summed E-state index contributed by atoms with van der Waals surface area (Å²) < 4.78 is 4.85. The lowest BCUT2D eigenvalue weighted by molar-refractivity contribution is 0.0528. The van der Waals surface area contributed by atoms with E-state index < -0.39 is 5.97 Å². The van der Waals surface area contributed by atoms with Crippen molar-refractivity contribution in [1.29, 1.82) is 0 Å². The maximum atomic E-state index is 11.5. The summed E-state index contributed by atoms with van der Waals surface area (Å²) >= 11 is 1.31. The number of ether oxygens (including phenoxy) is 1. The molecule has 0 saturated heterocycles. The zero-order valence-electron chi connectivity index (χ0n) is 8.57. The van der Waals surface area contributed by atoms with E-state index in [1.807, 2.05) is 6.92 Å². The van der Waals surface area contributed by atoms with Crippen molar-refractivity contribution >= 4 is 28.4 Å². The van der Waals surface area contributed by atoms with E-state index in [9.17, 15) is 9.59 Å². The Hall–Kier alpha value is -1.45. The number of carbonyl (C=O) groups is 1. The zero-order chi connectivity index (χ0) is 11.3. The molecule has 0 aliphatic carbocycles. The molecule has 0 aliphatic heterocycles. The van der Waals surface area contributed by atoms with Crippen LogP contribution in [0.25, 0.3) is 0 Å². The van der Waals surface area contributed by atoms with Gasteiger partial charge in [-0.1, -0.05) is 6.92 Å². The molecule has 1 heterocycles. The van der Waals surface area contributed by atoms with Crippen molar-refractivity contribution in [3.63, 3.8) is 0 Å². The van der Waals surface area contributed by atoms with Gasteiger partial charge in [0, 0.05) is 4.88 Å². The van der Waals surface area contributed by atoms with Gasteiger partial charge in [0.1, 0.15) is 5.00 Å². The fourth-order valence-corrected chi connectivity index (χ4v) is 1.99. The molecule has 0 amide bonds. The van der Waals surface area contributed by atoms with Crippen molar-refractivity contribution in [2.24, 2.45) is 4.99 Å². The Morgan fingerprint density at radius 3 is 2.87 bits per heavy atom. The van der Waals surface area contributed by atoms with Crippen LogP contribution in [0.5, 0.6) is 0 Å². The van der Waals surface area contributed by atoms with Crippen LogP contribution in [-0.4, -0.2) is 18.7 Å². The van der Waals surface area contributed by atoms with Gasteiger partial charge in [-0.15, -0.1) is 11.3 Å². The number of hydrogen-bond donors (Lipinski definition) is 0. The SMILES string of the molecule is CCOC(=O)c1cc(CC)sc1N=C=O. The van der Waals surface area contributed by atoms with Gasteiger partial charge in [0.2, 0.25) is 6.08 Å². The summed E-state index contributed by atoms with van der Waals surface area (Å²) in [5.41, 5.74) is 0.349. The van der Waals surface area contributed by atoms with E-state index in [0.29, 0.717) is 17.2 Å². The first kappa shape index (κ1) is 11.6. The van der Waals surface area contributed by atoms with E-state index in [1.165, 1.54) is 17.4 Å². The second-order valence-electron chi connectivity index (χ2n) is 2.71. The first-order valence-corrected chi connectivity index (χ1v) is 5.42. The third-order valence-corrected chi connectivity index (χ3v) is 2.93. The van der Waals surface area contributed by atoms with Crippen LogP contribution in [0, 0.1) is 0 Å². The zero-order valence-corrected chi connectivity index (χ0v) is 9.39. The molecule has 0 spiro atoms. The molecule has 0 saturated carbocycles. The Labute approximate surface area is 91.6 Å². The minimum atomic E-state index is -0.442. The van der Waals surface area contributed by atoms with Gasteiger partial charge < -0.3 is 4.74 Å². The molecule has 0 bridgehead atoms. The number of thiophene rings is 1. The van der Waals surface area contributed by atoms with Gasteiger partial charge in [0.25, 0.3) is 0 Å². The first-order chi connectivity index (χ1) is 7.22. The molecule has 0 unspecified atom stereocenters. The first-order valence-electron chi connectivity index (χ1n) is 4.60. The number of nitrogens with zero attached hydrogens (tertiary/aromatic N) is 1. The van der Waals surface area contributed by atoms with Gasteiger partial charge in [-0.25, -0.2) is 9.59 Å². The monoisotopic (exact) mass is 225 g/mol. The quantitative estimate of drug-likeness (QED) is 0.449. The van der Waals surface area contributed by atoms with E-state index in [-0.39, 0.29) is 0 Å². The van der Waals surface area contributed by atoms with E-state index in [1.54, 1.807) is 13.0 Å². The number of esters is 1. The van der Waals surface area contributed by atoms with Crippen LogP contribution in [0.3, 0.4) is 0 Å². The molecule has 15 heavy (non-hydrogen) atoms. The summed E-state index contributed by atoms with van der Waals surface area (Å²) in [6, 6.07) is 1.71. The predicted octanol–water partition coefficient (Wildman–Crippen LogP) is 2.45. The molecule has 0 aliphatic rings. The van der Waals surface area contributed by atoms with Crippen LogP contribution in [0.2, 0.25) is 0 Å². The molecule has 4 nitrogen and oxygen atoms in total. The minimum absolute atomic E-state index is 0.306. The van der Waals surface area contributed by atoms with Gasteiger partial charge in [0.05, 0.1) is 12.2 Å². The number of carbonyl (C=O) groups excluding carboxylic acids is 2. The molecule has 0 N–H and O–H groups in total. The highest BCUT2D eigenvalue weighted by Crippen LogP contribution is 2.31. The Balaban J connectivity index is 3.08. The van der Waals surface area contributed by atoms with Crippen molar-refractivity contribution < 1.29 is 14.3 Å². The smallest absolute Gasteiger partial charge is 0.341 e. The van der Waals surface area contributed by atoms with E-state index >= 15 is 0 Å². The molecule has 1 aromatic heterocycles. The molecular weight excluding hydrogens is 214 g/mol. The van der Waals surface area contributed by atoms with Crippen molar-refractivity contribution in [1.82, 2.24) is 0 Å². The third-order valence-electron chi connectivity index (χ3n) is 1.75. The molecule has 80 valence electrons. The normalized spacial score (nSPS) is 9.47. The Kier molecular flexibility index (Phi) is 4.21. The van der Waals surface area contributed by atoms with Crippen LogP contribution in [0.4, 0.5) is 5.00 Å². The van der Waals surface area contributed by atoms with Gasteiger partial charge in [-0.3, -0.25) is 0 Å². The van der Waals surface area contributed by atoms with Crippen molar-refractivity contribution in [2.75, 3.05) is 6.61 Å². The topological polar surface area (TPSA) is 55.7 Å². The van der Waals surface area contributed by atoms with Crippen molar-refractivity contribution in [3.8, 4) is 0 Å². The van der Waals surface area contributed by atoms with Crippen LogP contribution in [0.1, 0.15) is 29.1 Å². The molecule has 0 radical (unpaired) electrons. The van der Waals surface area contributed by atoms with Gasteiger partial charge in [0.15, 0.2) is 0 Å². The van der Waals surface area contributed by atoms with Gasteiger partial charge in [-0.2, -0.15) is 4.99 Å². The summed E-state index contributed by atoms with van der Waals surface area (Å²) in [6.45, 7) is 4.00. The molecule has 0 aromatic carbocycles. The lowest BCUT2D eigenvalue weighted by Crippen LogP contribution is -2.03. The Morgan fingerprint density at radius 2 is 2.33 bits per heavy atom. The van der Waals surface area contributed by atoms with E-state index in [0.717, 1.165) is 11.3 Å². The van der Waals surface area contributed by atoms with Crippen LogP contribution in [0.15, 0.2) is 11.1 Å². The number of aliphatic imine (C=N–C) groups is 1. The molecule has 5 heteroatoms. The number of aryl methyl sites for hydroxylation is 1. The fraction of sp³-hybridized carbons (Fsp3) is 0.400. The van der Waals surface area contributed by atoms with Crippen LogP contribution in [-0.2, 0) is 16.0 Å². The van der Waals surface area contributed by atoms with E-state index in [2.05, 4.69) is 4.99 Å². The molecule has 0 fully saturated rings. The summed E-state index contributed by atoms with van der Waals surface area (Å²) in [5, 5.41) is 0.375. The Morgan fingerprint density at radius 1 is 1.60 bits per heavy atom. The van der Waals surface area contributed by atoms with Crippen molar-refractivity contribution in [3.05, 3.63) is 16.5 Å². The standard InChI is InChI=1S/C10H11NO3S/c1-3-7-5-8(10(13)14-4-2)9(15-7)11-6-12/h5H,3-4H2,1-2H3. The molecule has 0 atom stereocenters. The second-order valence-corrected chi connectivity index (χ2v) is 3.82. The number of isocyanates is 1. The number of hydrogen-bond acceptors (Lipinski definition) is 5. The Bertz CT molecular complexity index is 405. The largest absolute Gasteiger partial charge is 0.462 e. The van der Waals surface area contributed by atoms with Gasteiger partial charge >= 0.3 is 5.97 Å². The lowest BCUT2D eigenvalue weighted by atomic mass is 10.2. The highest BCUT2D eigenvalue weighted by molar-refractivity contribution is 7.16. The lowest BCUT2D eigenvalue weighted by Gasteiger charge is -1.98. The average Bonchev–Trinajstić information content (AvgIpc) is 2.62. The van der Waals surface area contributed by atoms with Crippen LogP contribution >= 0.6 is 11.3 Å². The fourth-order valence-electron chi connectivity index (χ4n) is 1.09. The maximum absolute atomic E-state index is 11.5. The summed E-state index contributed by atoms with van der Waals surface area (Å²) in [5.74, 6) is -0.442.